The van der Waals surface area contributed by atoms with E-state index in [0.717, 1.165) is 11.1 Å². The van der Waals surface area contributed by atoms with Gasteiger partial charge in [-0.3, -0.25) is 4.79 Å². The molecular weight excluding hydrogens is 363 g/mol. The van der Waals surface area contributed by atoms with E-state index in [4.69, 9.17) is 0 Å². The molecule has 0 bridgehead atoms. The molecule has 0 aliphatic carbocycles. The molecule has 0 aromatic carbocycles. The fraction of sp³-hybridized carbons (Fsp3) is 0.667. The summed E-state index contributed by atoms with van der Waals surface area (Å²) in [6.45, 7) is 2.19. The second kappa shape index (κ2) is 6.51. The predicted octanol–water partition coefficient (Wildman–Crippen LogP) is 2.74. The number of alkyl halides is 5. The van der Waals surface area contributed by atoms with Crippen molar-refractivity contribution in [3.63, 3.8) is 0 Å². The minimum absolute atomic E-state index is 0.240. The molecule has 0 saturated carbocycles. The van der Waals surface area contributed by atoms with Gasteiger partial charge in [-0.1, -0.05) is 0 Å². The van der Waals surface area contributed by atoms with Gasteiger partial charge in [0, 0.05) is 12.6 Å². The summed E-state index contributed by atoms with van der Waals surface area (Å²) >= 11 is 0. The lowest BCUT2D eigenvalue weighted by molar-refractivity contribution is -0.154. The molecule has 1 fully saturated rings. The molecule has 1 aliphatic rings. The molecule has 0 N–H and O–H groups in total. The van der Waals surface area contributed by atoms with Crippen molar-refractivity contribution in [1.29, 1.82) is 0 Å². The second-order valence-electron chi connectivity index (χ2n) is 7.03. The number of carbonyl (C=O) groups excluding carboxylic acids is 1. The molecule has 0 radical (unpaired) electrons. The zero-order valence-corrected chi connectivity index (χ0v) is 14.7. The molecule has 1 aliphatic heterocycles. The lowest BCUT2D eigenvalue weighted by Gasteiger charge is -2.39. The lowest BCUT2D eigenvalue weighted by atomic mass is 10.1. The zero-order valence-electron chi connectivity index (χ0n) is 14.7. The fourth-order valence-corrected chi connectivity index (χ4v) is 2.07. The highest BCUT2D eigenvalue weighted by Gasteiger charge is 2.46. The fourth-order valence-electron chi connectivity index (χ4n) is 2.07. The molecule has 1 saturated heterocycles. The van der Waals surface area contributed by atoms with Crippen molar-refractivity contribution in [2.45, 2.75) is 38.4 Å². The molecule has 11 heteroatoms. The zero-order chi connectivity index (χ0) is 19.9. The van der Waals surface area contributed by atoms with Crippen LogP contribution >= 0.6 is 0 Å². The van der Waals surface area contributed by atoms with Crippen molar-refractivity contribution in [2.24, 2.45) is 0 Å². The van der Waals surface area contributed by atoms with Crippen LogP contribution in [0.4, 0.5) is 27.8 Å². The van der Waals surface area contributed by atoms with Crippen LogP contribution in [0.2, 0.25) is 0 Å². The normalized spacial score (nSPS) is 16.9. The first-order valence-electron chi connectivity index (χ1n) is 7.67. The summed E-state index contributed by atoms with van der Waals surface area (Å²) in [5.41, 5.74) is -0.806. The van der Waals surface area contributed by atoms with Gasteiger partial charge in [-0.15, -0.1) is 0 Å². The Morgan fingerprint density at radius 1 is 1.31 bits per heavy atom. The number of rotatable bonds is 4. The molecule has 2 rings (SSSR count). The molecular formula is C15H19F5N4O2. The third-order valence-corrected chi connectivity index (χ3v) is 3.77. The third kappa shape index (κ3) is 4.70. The molecule has 0 unspecified atom stereocenters. The number of aromatic nitrogens is 2. The average Bonchev–Trinajstić information content (AvgIpc) is 2.47. The van der Waals surface area contributed by atoms with Gasteiger partial charge in [-0.05, 0) is 20.8 Å². The van der Waals surface area contributed by atoms with E-state index in [0.29, 0.717) is 0 Å². The monoisotopic (exact) mass is 382 g/mol. The maximum Gasteiger partial charge on any atom is 0.422 e. The first-order chi connectivity index (χ1) is 11.7. The number of hydrogen-bond donors (Lipinski definition) is 0. The summed E-state index contributed by atoms with van der Waals surface area (Å²) in [6.07, 6.45) is -3.61. The van der Waals surface area contributed by atoms with E-state index in [1.807, 2.05) is 0 Å². The minimum Gasteiger partial charge on any atom is -0.465 e. The largest absolute Gasteiger partial charge is 0.465 e. The molecule has 26 heavy (non-hydrogen) atoms. The lowest BCUT2D eigenvalue weighted by Crippen LogP contribution is -2.56. The smallest absolute Gasteiger partial charge is 0.422 e. The number of amides is 1. The van der Waals surface area contributed by atoms with Crippen LogP contribution in [0.3, 0.4) is 0 Å². The maximum absolute atomic E-state index is 13.1. The maximum atomic E-state index is 13.1. The van der Waals surface area contributed by atoms with E-state index in [2.05, 4.69) is 14.7 Å². The molecule has 2 heterocycles. The van der Waals surface area contributed by atoms with Crippen LogP contribution in [-0.2, 0) is 0 Å². The van der Waals surface area contributed by atoms with E-state index in [9.17, 15) is 26.7 Å². The van der Waals surface area contributed by atoms with Gasteiger partial charge in [-0.2, -0.15) is 13.2 Å². The van der Waals surface area contributed by atoms with E-state index in [1.165, 1.54) is 11.9 Å². The first kappa shape index (κ1) is 20.1. The van der Waals surface area contributed by atoms with Gasteiger partial charge >= 0.3 is 6.18 Å². The van der Waals surface area contributed by atoms with E-state index >= 15 is 0 Å². The highest BCUT2D eigenvalue weighted by molar-refractivity contribution is 5.92. The SMILES string of the molecule is CN(C(=O)c1cnc(N2CC(F)(F)C2)c(OCC(F)(F)F)n1)C(C)(C)C. The van der Waals surface area contributed by atoms with Gasteiger partial charge < -0.3 is 14.5 Å². The highest BCUT2D eigenvalue weighted by Crippen LogP contribution is 2.35. The minimum atomic E-state index is -4.65. The van der Waals surface area contributed by atoms with Crippen LogP contribution in [0, 0.1) is 0 Å². The van der Waals surface area contributed by atoms with Crippen LogP contribution < -0.4 is 9.64 Å². The molecule has 0 atom stereocenters. The molecule has 0 spiro atoms. The van der Waals surface area contributed by atoms with Crippen LogP contribution in [0.15, 0.2) is 6.20 Å². The number of carbonyl (C=O) groups is 1. The second-order valence-corrected chi connectivity index (χ2v) is 7.03. The Hall–Kier alpha value is -2.20. The van der Waals surface area contributed by atoms with Crippen LogP contribution in [0.1, 0.15) is 31.3 Å². The summed E-state index contributed by atoms with van der Waals surface area (Å²) in [4.78, 5) is 22.4. The van der Waals surface area contributed by atoms with Gasteiger partial charge in [0.05, 0.1) is 19.3 Å². The standard InChI is InChI=1S/C15H19F5N4O2/c1-13(2,3)23(4)12(25)9-5-21-10(24-6-14(16,17)7-24)11(22-9)26-8-15(18,19)20/h5H,6-8H2,1-4H3. The highest BCUT2D eigenvalue weighted by atomic mass is 19.4. The topological polar surface area (TPSA) is 58.6 Å². The number of nitrogens with zero attached hydrogens (tertiary/aromatic N) is 4. The Bertz CT molecular complexity index is 680. The summed E-state index contributed by atoms with van der Waals surface area (Å²) in [7, 11) is 1.50. The molecule has 1 amide bonds. The number of halogens is 5. The van der Waals surface area contributed by atoms with Crippen LogP contribution in [0.5, 0.6) is 5.88 Å². The van der Waals surface area contributed by atoms with E-state index in [1.54, 1.807) is 20.8 Å². The Labute approximate surface area is 147 Å². The predicted molar refractivity (Wildman–Crippen MR) is 82.6 cm³/mol. The van der Waals surface area contributed by atoms with Gasteiger partial charge in [0.15, 0.2) is 18.1 Å². The molecule has 1 aromatic heterocycles. The van der Waals surface area contributed by atoms with Crippen molar-refractivity contribution in [3.8, 4) is 5.88 Å². The number of hydrogen-bond acceptors (Lipinski definition) is 5. The Balaban J connectivity index is 2.31. The quantitative estimate of drug-likeness (QED) is 0.750. The van der Waals surface area contributed by atoms with Crippen molar-refractivity contribution in [2.75, 3.05) is 31.6 Å². The first-order valence-corrected chi connectivity index (χ1v) is 7.67. The summed E-state index contributed by atoms with van der Waals surface area (Å²) < 4.78 is 68.1. The molecule has 146 valence electrons. The molecule has 6 nitrogen and oxygen atoms in total. The van der Waals surface area contributed by atoms with Crippen molar-refractivity contribution < 1.29 is 31.5 Å². The average molecular weight is 382 g/mol. The summed E-state index contributed by atoms with van der Waals surface area (Å²) in [6, 6.07) is 0. The van der Waals surface area contributed by atoms with Gasteiger partial charge in [-0.25, -0.2) is 18.7 Å². The van der Waals surface area contributed by atoms with E-state index < -0.39 is 49.1 Å². The Morgan fingerprint density at radius 3 is 2.35 bits per heavy atom. The van der Waals surface area contributed by atoms with Crippen molar-refractivity contribution in [3.05, 3.63) is 11.9 Å². The Kier molecular flexibility index (Phi) is 5.04. The molecule has 1 aromatic rings. The van der Waals surface area contributed by atoms with Crippen molar-refractivity contribution in [1.82, 2.24) is 14.9 Å². The van der Waals surface area contributed by atoms with Gasteiger partial charge in [0.25, 0.3) is 17.7 Å². The number of anilines is 1. The third-order valence-electron chi connectivity index (χ3n) is 3.77. The summed E-state index contributed by atoms with van der Waals surface area (Å²) in [5, 5.41) is 0. The Morgan fingerprint density at radius 2 is 1.88 bits per heavy atom. The van der Waals surface area contributed by atoms with E-state index in [-0.39, 0.29) is 11.5 Å². The van der Waals surface area contributed by atoms with Crippen LogP contribution in [-0.4, -0.2) is 65.2 Å². The van der Waals surface area contributed by atoms with Crippen molar-refractivity contribution >= 4 is 11.7 Å². The summed E-state index contributed by atoms with van der Waals surface area (Å²) in [5.74, 6) is -4.40. The number of ether oxygens (including phenoxy) is 1. The van der Waals surface area contributed by atoms with Crippen LogP contribution in [0.25, 0.3) is 0 Å². The van der Waals surface area contributed by atoms with Gasteiger partial charge in [0.2, 0.25) is 0 Å². The van der Waals surface area contributed by atoms with Gasteiger partial charge in [0.1, 0.15) is 0 Å².